The Bertz CT molecular complexity index is 730. The van der Waals surface area contributed by atoms with Crippen LogP contribution in [0.5, 0.6) is 5.75 Å². The zero-order valence-electron chi connectivity index (χ0n) is 15.6. The van der Waals surface area contributed by atoms with E-state index in [1.165, 1.54) is 14.0 Å². The molecule has 1 atom stereocenters. The van der Waals surface area contributed by atoms with E-state index in [1.54, 1.807) is 18.2 Å². The summed E-state index contributed by atoms with van der Waals surface area (Å²) in [6, 6.07) is 5.17. The molecule has 1 aromatic rings. The minimum Gasteiger partial charge on any atom is -0.495 e. The average molecular weight is 375 g/mol. The van der Waals surface area contributed by atoms with E-state index in [9.17, 15) is 14.4 Å². The van der Waals surface area contributed by atoms with Crippen LogP contribution in [0, 0.1) is 5.92 Å². The molecule has 2 N–H and O–H groups in total. The summed E-state index contributed by atoms with van der Waals surface area (Å²) >= 11 is 0. The van der Waals surface area contributed by atoms with Crippen molar-refractivity contribution in [2.75, 3.05) is 37.5 Å². The molecule has 146 valence electrons. The van der Waals surface area contributed by atoms with Crippen LogP contribution >= 0.6 is 0 Å². The van der Waals surface area contributed by atoms with Crippen molar-refractivity contribution in [1.29, 1.82) is 0 Å². The number of nitrogens with zero attached hydrogens (tertiary/aromatic N) is 1. The molecule has 1 aromatic carbocycles. The smallest absolute Gasteiger partial charge is 0.229 e. The van der Waals surface area contributed by atoms with Crippen LogP contribution in [0.4, 0.5) is 11.4 Å². The monoisotopic (exact) mass is 375 g/mol. The first-order valence-electron chi connectivity index (χ1n) is 9.11. The van der Waals surface area contributed by atoms with Crippen molar-refractivity contribution in [3.8, 4) is 5.75 Å². The van der Waals surface area contributed by atoms with Gasteiger partial charge in [-0.25, -0.2) is 0 Å². The topological polar surface area (TPSA) is 97.0 Å². The number of methoxy groups -OCH3 is 1. The SMILES string of the molecule is COc1ccc(NC(C)=O)cc1NC(=O)C1CC(=O)N(C2CCOCC2)C1. The second-order valence-electron chi connectivity index (χ2n) is 6.88. The van der Waals surface area contributed by atoms with Crippen LogP contribution in [0.3, 0.4) is 0 Å². The molecule has 2 aliphatic heterocycles. The first kappa shape index (κ1) is 19.2. The number of rotatable bonds is 5. The number of amides is 3. The number of carbonyl (C=O) groups excluding carboxylic acids is 3. The molecule has 8 nitrogen and oxygen atoms in total. The summed E-state index contributed by atoms with van der Waals surface area (Å²) in [6.07, 6.45) is 1.83. The van der Waals surface area contributed by atoms with E-state index in [1.807, 2.05) is 4.90 Å². The zero-order chi connectivity index (χ0) is 19.4. The molecule has 2 heterocycles. The highest BCUT2D eigenvalue weighted by Crippen LogP contribution is 2.30. The number of benzene rings is 1. The molecule has 2 aliphatic rings. The first-order valence-corrected chi connectivity index (χ1v) is 9.11. The molecule has 0 saturated carbocycles. The fraction of sp³-hybridized carbons (Fsp3) is 0.526. The predicted octanol–water partition coefficient (Wildman–Crippen LogP) is 1.62. The van der Waals surface area contributed by atoms with Gasteiger partial charge in [0, 0.05) is 44.8 Å². The van der Waals surface area contributed by atoms with E-state index in [4.69, 9.17) is 9.47 Å². The van der Waals surface area contributed by atoms with Crippen LogP contribution in [-0.2, 0) is 19.1 Å². The molecular weight excluding hydrogens is 350 g/mol. The summed E-state index contributed by atoms with van der Waals surface area (Å²) in [6.45, 7) is 3.14. The Kier molecular flexibility index (Phi) is 5.95. The Morgan fingerprint density at radius 2 is 1.96 bits per heavy atom. The van der Waals surface area contributed by atoms with E-state index in [0.29, 0.717) is 36.9 Å². The number of hydrogen-bond donors (Lipinski definition) is 2. The van der Waals surface area contributed by atoms with Gasteiger partial charge in [-0.2, -0.15) is 0 Å². The van der Waals surface area contributed by atoms with Crippen LogP contribution in [0.2, 0.25) is 0 Å². The first-order chi connectivity index (χ1) is 13.0. The minimum atomic E-state index is -0.408. The van der Waals surface area contributed by atoms with Crippen molar-refractivity contribution in [2.45, 2.75) is 32.2 Å². The normalized spacial score (nSPS) is 20.4. The summed E-state index contributed by atoms with van der Waals surface area (Å²) in [7, 11) is 1.51. The average Bonchev–Trinajstić information content (AvgIpc) is 3.04. The summed E-state index contributed by atoms with van der Waals surface area (Å²) < 4.78 is 10.6. The van der Waals surface area contributed by atoms with Crippen molar-refractivity contribution in [3.63, 3.8) is 0 Å². The lowest BCUT2D eigenvalue weighted by Crippen LogP contribution is -2.41. The Morgan fingerprint density at radius 1 is 1.22 bits per heavy atom. The highest BCUT2D eigenvalue weighted by atomic mass is 16.5. The Morgan fingerprint density at radius 3 is 2.63 bits per heavy atom. The van der Waals surface area contributed by atoms with Crippen molar-refractivity contribution >= 4 is 29.1 Å². The molecule has 0 aliphatic carbocycles. The van der Waals surface area contributed by atoms with E-state index < -0.39 is 5.92 Å². The molecule has 1 unspecified atom stereocenters. The third kappa shape index (κ3) is 4.57. The molecule has 27 heavy (non-hydrogen) atoms. The van der Waals surface area contributed by atoms with Crippen LogP contribution in [0.15, 0.2) is 18.2 Å². The van der Waals surface area contributed by atoms with Gasteiger partial charge in [-0.1, -0.05) is 0 Å². The number of nitrogens with one attached hydrogen (secondary N) is 2. The lowest BCUT2D eigenvalue weighted by Gasteiger charge is -2.31. The van der Waals surface area contributed by atoms with Gasteiger partial charge in [0.1, 0.15) is 5.75 Å². The summed E-state index contributed by atoms with van der Waals surface area (Å²) in [4.78, 5) is 38.2. The Balaban J connectivity index is 1.68. The lowest BCUT2D eigenvalue weighted by molar-refractivity contribution is -0.131. The third-order valence-electron chi connectivity index (χ3n) is 4.94. The molecule has 2 saturated heterocycles. The fourth-order valence-corrected chi connectivity index (χ4v) is 3.58. The summed E-state index contributed by atoms with van der Waals surface area (Å²) in [5.74, 6) is -0.333. The van der Waals surface area contributed by atoms with Gasteiger partial charge in [0.05, 0.1) is 18.7 Å². The van der Waals surface area contributed by atoms with Crippen LogP contribution in [-0.4, -0.2) is 55.5 Å². The molecule has 3 amide bonds. The fourth-order valence-electron chi connectivity index (χ4n) is 3.58. The maximum atomic E-state index is 12.7. The quantitative estimate of drug-likeness (QED) is 0.815. The molecule has 0 aromatic heterocycles. The van der Waals surface area contributed by atoms with E-state index >= 15 is 0 Å². The zero-order valence-corrected chi connectivity index (χ0v) is 15.6. The van der Waals surface area contributed by atoms with Gasteiger partial charge in [-0.3, -0.25) is 14.4 Å². The van der Waals surface area contributed by atoms with Gasteiger partial charge in [-0.15, -0.1) is 0 Å². The lowest BCUT2D eigenvalue weighted by atomic mass is 10.1. The highest BCUT2D eigenvalue weighted by Gasteiger charge is 2.38. The second-order valence-corrected chi connectivity index (χ2v) is 6.88. The molecular formula is C19H25N3O5. The second kappa shape index (κ2) is 8.39. The summed E-state index contributed by atoms with van der Waals surface area (Å²) in [5, 5.41) is 5.52. The van der Waals surface area contributed by atoms with E-state index in [0.717, 1.165) is 12.8 Å². The number of likely N-dealkylation sites (tertiary alicyclic amines) is 1. The highest BCUT2D eigenvalue weighted by molar-refractivity contribution is 5.99. The van der Waals surface area contributed by atoms with Crippen molar-refractivity contribution in [1.82, 2.24) is 4.90 Å². The van der Waals surface area contributed by atoms with Crippen molar-refractivity contribution in [2.24, 2.45) is 5.92 Å². The number of ether oxygens (including phenoxy) is 2. The number of carbonyl (C=O) groups is 3. The van der Waals surface area contributed by atoms with Gasteiger partial charge < -0.3 is 25.0 Å². The van der Waals surface area contributed by atoms with Gasteiger partial charge in [-0.05, 0) is 31.0 Å². The molecule has 0 radical (unpaired) electrons. The molecule has 2 fully saturated rings. The van der Waals surface area contributed by atoms with Crippen LogP contribution in [0.25, 0.3) is 0 Å². The van der Waals surface area contributed by atoms with E-state index in [2.05, 4.69) is 10.6 Å². The van der Waals surface area contributed by atoms with E-state index in [-0.39, 0.29) is 30.2 Å². The molecule has 0 bridgehead atoms. The molecule has 3 rings (SSSR count). The van der Waals surface area contributed by atoms with Gasteiger partial charge >= 0.3 is 0 Å². The predicted molar refractivity (Wildman–Crippen MR) is 99.6 cm³/mol. The van der Waals surface area contributed by atoms with Gasteiger partial charge in [0.25, 0.3) is 0 Å². The number of anilines is 2. The van der Waals surface area contributed by atoms with Crippen molar-refractivity contribution in [3.05, 3.63) is 18.2 Å². The third-order valence-corrected chi connectivity index (χ3v) is 4.94. The Labute approximate surface area is 158 Å². The number of hydrogen-bond acceptors (Lipinski definition) is 5. The van der Waals surface area contributed by atoms with Gasteiger partial charge in [0.15, 0.2) is 0 Å². The largest absolute Gasteiger partial charge is 0.495 e. The maximum absolute atomic E-state index is 12.7. The van der Waals surface area contributed by atoms with Crippen molar-refractivity contribution < 1.29 is 23.9 Å². The summed E-state index contributed by atoms with van der Waals surface area (Å²) in [5.41, 5.74) is 1.02. The van der Waals surface area contributed by atoms with Crippen LogP contribution < -0.4 is 15.4 Å². The van der Waals surface area contributed by atoms with Crippen LogP contribution in [0.1, 0.15) is 26.2 Å². The molecule has 0 spiro atoms. The minimum absolute atomic E-state index is 0.0148. The maximum Gasteiger partial charge on any atom is 0.229 e. The van der Waals surface area contributed by atoms with Gasteiger partial charge in [0.2, 0.25) is 17.7 Å². The standard InChI is InChI=1S/C19H25N3O5/c1-12(23)20-14-3-4-17(26-2)16(10-14)21-19(25)13-9-18(24)22(11-13)15-5-7-27-8-6-15/h3-4,10,13,15H,5-9,11H2,1-2H3,(H,20,23)(H,21,25). The Hall–Kier alpha value is -2.61. The molecule has 8 heteroatoms.